The van der Waals surface area contributed by atoms with Crippen LogP contribution in [0, 0.1) is 6.92 Å². The highest BCUT2D eigenvalue weighted by atomic mass is 79.9. The van der Waals surface area contributed by atoms with E-state index in [0.717, 1.165) is 20.9 Å². The third-order valence-corrected chi connectivity index (χ3v) is 3.63. The molecule has 0 bridgehead atoms. The monoisotopic (exact) mass is 325 g/mol. The Balaban J connectivity index is 2.07. The molecule has 0 saturated heterocycles. The maximum atomic E-state index is 12.6. The number of pyridine rings is 1. The molecule has 2 nitrogen and oxygen atoms in total. The number of hydrogen-bond donors (Lipinski definition) is 0. The van der Waals surface area contributed by atoms with Crippen molar-refractivity contribution in [2.24, 2.45) is 0 Å². The normalized spacial score (nSPS) is 10.7. The van der Waals surface area contributed by atoms with Gasteiger partial charge >= 0.3 is 0 Å². The van der Waals surface area contributed by atoms with Gasteiger partial charge in [0.05, 0.1) is 5.52 Å². The fourth-order valence-electron chi connectivity index (χ4n) is 2.25. The van der Waals surface area contributed by atoms with Crippen LogP contribution in [0.3, 0.4) is 0 Å². The average Bonchev–Trinajstić information content (AvgIpc) is 2.45. The number of fused-ring (bicyclic) bond motifs is 1. The van der Waals surface area contributed by atoms with Crippen molar-refractivity contribution in [2.75, 3.05) is 0 Å². The van der Waals surface area contributed by atoms with Gasteiger partial charge in [0.1, 0.15) is 0 Å². The summed E-state index contributed by atoms with van der Waals surface area (Å²) < 4.78 is 0.920. The molecule has 98 valence electrons. The molecule has 0 fully saturated rings. The molecule has 0 aliphatic heterocycles. The maximum absolute atomic E-state index is 12.6. The summed E-state index contributed by atoms with van der Waals surface area (Å²) in [6.45, 7) is 1.98. The van der Waals surface area contributed by atoms with Gasteiger partial charge in [0, 0.05) is 27.2 Å². The molecule has 1 heterocycles. The first-order chi connectivity index (χ1) is 9.63. The molecule has 20 heavy (non-hydrogen) atoms. The molecule has 0 aliphatic carbocycles. The van der Waals surface area contributed by atoms with Gasteiger partial charge in [-0.05, 0) is 55.0 Å². The standard InChI is InChI=1S/C17H12BrNO/c1-11-7-14(10-15(18)8-11)17(20)13-4-5-16-12(9-13)3-2-6-19-16/h2-10H,1H3. The lowest BCUT2D eigenvalue weighted by atomic mass is 10.0. The zero-order valence-corrected chi connectivity index (χ0v) is 12.5. The highest BCUT2D eigenvalue weighted by Gasteiger charge is 2.11. The van der Waals surface area contributed by atoms with E-state index in [9.17, 15) is 4.79 Å². The number of halogens is 1. The highest BCUT2D eigenvalue weighted by Crippen LogP contribution is 2.20. The number of aromatic nitrogens is 1. The maximum Gasteiger partial charge on any atom is 0.193 e. The quantitative estimate of drug-likeness (QED) is 0.647. The minimum absolute atomic E-state index is 0.0279. The minimum atomic E-state index is 0.0279. The van der Waals surface area contributed by atoms with Crippen LogP contribution in [-0.2, 0) is 0 Å². The molecule has 3 heteroatoms. The second kappa shape index (κ2) is 5.17. The van der Waals surface area contributed by atoms with Crippen LogP contribution in [0.1, 0.15) is 21.5 Å². The zero-order chi connectivity index (χ0) is 14.1. The van der Waals surface area contributed by atoms with E-state index in [4.69, 9.17) is 0 Å². The van der Waals surface area contributed by atoms with Gasteiger partial charge in [-0.2, -0.15) is 0 Å². The summed E-state index contributed by atoms with van der Waals surface area (Å²) in [6.07, 6.45) is 1.75. The predicted molar refractivity (Wildman–Crippen MR) is 84.1 cm³/mol. The largest absolute Gasteiger partial charge is 0.289 e. The lowest BCUT2D eigenvalue weighted by molar-refractivity contribution is 0.103. The van der Waals surface area contributed by atoms with Crippen LogP contribution in [0.5, 0.6) is 0 Å². The fourth-order valence-corrected chi connectivity index (χ4v) is 2.86. The summed E-state index contributed by atoms with van der Waals surface area (Å²) >= 11 is 3.43. The van der Waals surface area contributed by atoms with Crippen LogP contribution in [0.2, 0.25) is 0 Å². The van der Waals surface area contributed by atoms with Crippen molar-refractivity contribution in [1.82, 2.24) is 4.98 Å². The number of nitrogens with zero attached hydrogens (tertiary/aromatic N) is 1. The van der Waals surface area contributed by atoms with Crippen molar-refractivity contribution < 1.29 is 4.79 Å². The Morgan fingerprint density at radius 1 is 1.05 bits per heavy atom. The molecule has 3 aromatic rings. The topological polar surface area (TPSA) is 30.0 Å². The number of benzene rings is 2. The van der Waals surface area contributed by atoms with Gasteiger partial charge in [0.2, 0.25) is 0 Å². The Labute approximate surface area is 125 Å². The minimum Gasteiger partial charge on any atom is -0.289 e. The summed E-state index contributed by atoms with van der Waals surface area (Å²) in [6, 6.07) is 15.2. The summed E-state index contributed by atoms with van der Waals surface area (Å²) in [4.78, 5) is 16.8. The number of aryl methyl sites for hydroxylation is 1. The molecule has 0 N–H and O–H groups in total. The van der Waals surface area contributed by atoms with Crippen LogP contribution >= 0.6 is 15.9 Å². The molecule has 1 aromatic heterocycles. The van der Waals surface area contributed by atoms with Gasteiger partial charge in [-0.3, -0.25) is 9.78 Å². The molecule has 3 rings (SSSR count). The molecular weight excluding hydrogens is 314 g/mol. The summed E-state index contributed by atoms with van der Waals surface area (Å²) in [7, 11) is 0. The Morgan fingerprint density at radius 3 is 2.70 bits per heavy atom. The first-order valence-corrected chi connectivity index (χ1v) is 7.09. The summed E-state index contributed by atoms with van der Waals surface area (Å²) in [5.74, 6) is 0.0279. The molecule has 0 amide bonds. The van der Waals surface area contributed by atoms with E-state index < -0.39 is 0 Å². The Bertz CT molecular complexity index is 791. The Kier molecular flexibility index (Phi) is 3.36. The molecule has 0 aliphatic rings. The van der Waals surface area contributed by atoms with Crippen LogP contribution in [0.15, 0.2) is 59.2 Å². The van der Waals surface area contributed by atoms with Gasteiger partial charge in [0.25, 0.3) is 0 Å². The van der Waals surface area contributed by atoms with E-state index in [1.54, 1.807) is 6.20 Å². The van der Waals surface area contributed by atoms with Gasteiger partial charge in [-0.15, -0.1) is 0 Å². The van der Waals surface area contributed by atoms with Crippen molar-refractivity contribution in [3.8, 4) is 0 Å². The van der Waals surface area contributed by atoms with E-state index >= 15 is 0 Å². The smallest absolute Gasteiger partial charge is 0.193 e. The molecule has 2 aromatic carbocycles. The van der Waals surface area contributed by atoms with Gasteiger partial charge < -0.3 is 0 Å². The zero-order valence-electron chi connectivity index (χ0n) is 10.9. The molecule has 0 atom stereocenters. The van der Waals surface area contributed by atoms with Gasteiger partial charge in [-0.1, -0.05) is 22.0 Å². The Morgan fingerprint density at radius 2 is 1.90 bits per heavy atom. The van der Waals surface area contributed by atoms with E-state index in [1.165, 1.54) is 0 Å². The van der Waals surface area contributed by atoms with Gasteiger partial charge in [-0.25, -0.2) is 0 Å². The van der Waals surface area contributed by atoms with E-state index in [2.05, 4.69) is 20.9 Å². The third-order valence-electron chi connectivity index (χ3n) is 3.17. The molecule has 0 radical (unpaired) electrons. The van der Waals surface area contributed by atoms with Crippen molar-refractivity contribution in [2.45, 2.75) is 6.92 Å². The van der Waals surface area contributed by atoms with Crippen molar-refractivity contribution in [3.05, 3.63) is 75.9 Å². The number of ketones is 1. The lowest BCUT2D eigenvalue weighted by Gasteiger charge is -2.05. The predicted octanol–water partition coefficient (Wildman–Crippen LogP) is 4.54. The molecule has 0 spiro atoms. The Hall–Kier alpha value is -2.00. The first kappa shape index (κ1) is 13.0. The summed E-state index contributed by atoms with van der Waals surface area (Å²) in [5, 5.41) is 0.977. The fraction of sp³-hybridized carbons (Fsp3) is 0.0588. The molecular formula is C17H12BrNO. The molecule has 0 saturated carbocycles. The van der Waals surface area contributed by atoms with Crippen LogP contribution in [-0.4, -0.2) is 10.8 Å². The van der Waals surface area contributed by atoms with Crippen molar-refractivity contribution in [1.29, 1.82) is 0 Å². The van der Waals surface area contributed by atoms with Gasteiger partial charge in [0.15, 0.2) is 5.78 Å². The van der Waals surface area contributed by atoms with Crippen molar-refractivity contribution >= 4 is 32.6 Å². The average molecular weight is 326 g/mol. The van der Waals surface area contributed by atoms with E-state index in [1.807, 2.05) is 55.5 Å². The van der Waals surface area contributed by atoms with E-state index in [0.29, 0.717) is 11.1 Å². The number of hydrogen-bond acceptors (Lipinski definition) is 2. The number of carbonyl (C=O) groups is 1. The second-order valence-electron chi connectivity index (χ2n) is 4.76. The SMILES string of the molecule is Cc1cc(Br)cc(C(=O)c2ccc3ncccc3c2)c1. The van der Waals surface area contributed by atoms with Crippen LogP contribution < -0.4 is 0 Å². The second-order valence-corrected chi connectivity index (χ2v) is 5.67. The number of rotatable bonds is 2. The first-order valence-electron chi connectivity index (χ1n) is 6.30. The van der Waals surface area contributed by atoms with Crippen molar-refractivity contribution in [3.63, 3.8) is 0 Å². The third kappa shape index (κ3) is 2.49. The summed E-state index contributed by atoms with van der Waals surface area (Å²) in [5.41, 5.74) is 3.34. The number of carbonyl (C=O) groups excluding carboxylic acids is 1. The highest BCUT2D eigenvalue weighted by molar-refractivity contribution is 9.10. The lowest BCUT2D eigenvalue weighted by Crippen LogP contribution is -2.01. The van der Waals surface area contributed by atoms with Crippen LogP contribution in [0.25, 0.3) is 10.9 Å². The van der Waals surface area contributed by atoms with E-state index in [-0.39, 0.29) is 5.78 Å². The van der Waals surface area contributed by atoms with Crippen LogP contribution in [0.4, 0.5) is 0 Å². The molecule has 0 unspecified atom stereocenters.